The lowest BCUT2D eigenvalue weighted by Crippen LogP contribution is -2.40. The van der Waals surface area contributed by atoms with E-state index in [2.05, 4.69) is 10.3 Å². The third kappa shape index (κ3) is 4.67. The summed E-state index contributed by atoms with van der Waals surface area (Å²) in [7, 11) is 1.56. The highest BCUT2D eigenvalue weighted by atomic mass is 32.1. The summed E-state index contributed by atoms with van der Waals surface area (Å²) in [5.41, 5.74) is 2.65. The van der Waals surface area contributed by atoms with Gasteiger partial charge in [-0.1, -0.05) is 29.5 Å². The normalized spacial score (nSPS) is 15.2. The number of aromatic nitrogens is 1. The van der Waals surface area contributed by atoms with Crippen molar-refractivity contribution in [3.05, 3.63) is 90.1 Å². The third-order valence-corrected chi connectivity index (χ3v) is 6.77. The zero-order valence-corrected chi connectivity index (χ0v) is 21.0. The molecule has 2 heterocycles. The van der Waals surface area contributed by atoms with Gasteiger partial charge in [-0.25, -0.2) is 14.6 Å². The number of rotatable bonds is 7. The van der Waals surface area contributed by atoms with Crippen molar-refractivity contribution in [2.45, 2.75) is 26.8 Å². The van der Waals surface area contributed by atoms with Crippen molar-refractivity contribution in [2.24, 2.45) is 4.99 Å². The number of fused-ring (bicyclic) bond motifs is 1. The molecule has 1 aromatic heterocycles. The first-order valence-electron chi connectivity index (χ1n) is 11.2. The van der Waals surface area contributed by atoms with Crippen molar-refractivity contribution in [3.8, 4) is 5.75 Å². The van der Waals surface area contributed by atoms with Gasteiger partial charge in [-0.15, -0.1) is 0 Å². The third-order valence-electron chi connectivity index (χ3n) is 5.79. The van der Waals surface area contributed by atoms with Gasteiger partial charge in [0.15, 0.2) is 4.80 Å². The highest BCUT2D eigenvalue weighted by molar-refractivity contribution is 7.07. The first kappa shape index (κ1) is 24.9. The Morgan fingerprint density at radius 3 is 2.56 bits per heavy atom. The Morgan fingerprint density at radius 1 is 1.19 bits per heavy atom. The summed E-state index contributed by atoms with van der Waals surface area (Å²) < 4.78 is 12.4. The summed E-state index contributed by atoms with van der Waals surface area (Å²) in [5.74, 6) is -0.931. The van der Waals surface area contributed by atoms with Gasteiger partial charge >= 0.3 is 11.9 Å². The number of nitrogens with zero attached hydrogens (tertiary/aromatic N) is 2. The molecule has 0 aliphatic carbocycles. The van der Waals surface area contributed by atoms with Gasteiger partial charge in [0.05, 0.1) is 36.6 Å². The SMILES string of the molecule is CCOC(=O)C1=C(C)N=c2s/c(=C\Nc3cc(C(=O)O)ccc3C)c(=O)n2[C@@H]1c1ccc(OC)cc1. The maximum atomic E-state index is 13.6. The lowest BCUT2D eigenvalue weighted by Gasteiger charge is -2.24. The van der Waals surface area contributed by atoms with Crippen molar-refractivity contribution >= 4 is 35.2 Å². The van der Waals surface area contributed by atoms with Crippen molar-refractivity contribution in [1.29, 1.82) is 0 Å². The predicted molar refractivity (Wildman–Crippen MR) is 136 cm³/mol. The number of hydrogen-bond donors (Lipinski definition) is 2. The monoisotopic (exact) mass is 507 g/mol. The van der Waals surface area contributed by atoms with Gasteiger partial charge in [-0.05, 0) is 56.2 Å². The Morgan fingerprint density at radius 2 is 1.92 bits per heavy atom. The van der Waals surface area contributed by atoms with Crippen LogP contribution >= 0.6 is 11.3 Å². The van der Waals surface area contributed by atoms with Gasteiger partial charge in [0.25, 0.3) is 5.56 Å². The average molecular weight is 508 g/mol. The van der Waals surface area contributed by atoms with Crippen molar-refractivity contribution in [3.63, 3.8) is 0 Å². The van der Waals surface area contributed by atoms with Crippen LogP contribution in [-0.4, -0.2) is 35.3 Å². The van der Waals surface area contributed by atoms with Crippen molar-refractivity contribution in [2.75, 3.05) is 19.0 Å². The largest absolute Gasteiger partial charge is 0.497 e. The van der Waals surface area contributed by atoms with Crippen LogP contribution in [0.1, 0.15) is 41.4 Å². The highest BCUT2D eigenvalue weighted by Crippen LogP contribution is 2.31. The second-order valence-corrected chi connectivity index (χ2v) is 9.06. The zero-order chi connectivity index (χ0) is 26.0. The lowest BCUT2D eigenvalue weighted by molar-refractivity contribution is -0.139. The topological polar surface area (TPSA) is 119 Å². The van der Waals surface area contributed by atoms with E-state index in [1.54, 1.807) is 51.3 Å². The Kier molecular flexibility index (Phi) is 7.07. The number of allylic oxidation sites excluding steroid dienone is 1. The molecule has 1 atom stereocenters. The second kappa shape index (κ2) is 10.2. The first-order valence-corrected chi connectivity index (χ1v) is 12.0. The summed E-state index contributed by atoms with van der Waals surface area (Å²) in [6, 6.07) is 11.1. The highest BCUT2D eigenvalue weighted by Gasteiger charge is 2.33. The number of carbonyl (C=O) groups excluding carboxylic acids is 1. The van der Waals surface area contributed by atoms with Crippen LogP contribution in [0, 0.1) is 6.92 Å². The summed E-state index contributed by atoms with van der Waals surface area (Å²) in [5, 5.41) is 12.3. The molecule has 0 spiro atoms. The van der Waals surface area contributed by atoms with E-state index >= 15 is 0 Å². The minimum Gasteiger partial charge on any atom is -0.497 e. The fourth-order valence-electron chi connectivity index (χ4n) is 3.95. The van der Waals surface area contributed by atoms with E-state index in [4.69, 9.17) is 9.47 Å². The number of thiazole rings is 1. The molecule has 3 aromatic rings. The molecule has 2 aromatic carbocycles. The number of methoxy groups -OCH3 is 1. The number of aryl methyl sites for hydroxylation is 1. The molecular formula is C26H25N3O6S. The minimum atomic E-state index is -1.04. The van der Waals surface area contributed by atoms with Crippen LogP contribution in [-0.2, 0) is 9.53 Å². The smallest absolute Gasteiger partial charge is 0.338 e. The van der Waals surface area contributed by atoms with Gasteiger partial charge in [-0.3, -0.25) is 9.36 Å². The van der Waals surface area contributed by atoms with E-state index in [-0.39, 0.29) is 17.7 Å². The molecule has 1 aliphatic heterocycles. The molecular weight excluding hydrogens is 482 g/mol. The lowest BCUT2D eigenvalue weighted by atomic mass is 9.96. The van der Waals surface area contributed by atoms with Crippen LogP contribution < -0.4 is 24.9 Å². The maximum Gasteiger partial charge on any atom is 0.338 e. The summed E-state index contributed by atoms with van der Waals surface area (Å²) in [6.07, 6.45) is 1.53. The van der Waals surface area contributed by atoms with E-state index in [1.807, 2.05) is 6.92 Å². The molecule has 9 nitrogen and oxygen atoms in total. The van der Waals surface area contributed by atoms with Crippen LogP contribution in [0.5, 0.6) is 5.75 Å². The van der Waals surface area contributed by atoms with Gasteiger partial charge in [-0.2, -0.15) is 0 Å². The van der Waals surface area contributed by atoms with Gasteiger partial charge in [0, 0.05) is 11.9 Å². The zero-order valence-electron chi connectivity index (χ0n) is 20.2. The van der Waals surface area contributed by atoms with Gasteiger partial charge in [0.1, 0.15) is 10.3 Å². The number of carboxylic acids is 1. The van der Waals surface area contributed by atoms with Crippen LogP contribution in [0.2, 0.25) is 0 Å². The molecule has 0 bridgehead atoms. The standard InChI is InChI=1S/C26H25N3O6S/c1-5-35-25(33)21-15(3)28-26-29(22(21)16-8-10-18(34-4)11-9-16)23(30)20(36-26)13-27-19-12-17(24(31)32)7-6-14(19)2/h6-13,22,27H,5H2,1-4H3,(H,31,32)/b20-13-/t22-/m1/s1. The molecule has 0 fully saturated rings. The number of carboxylic acid groups (broad SMARTS) is 1. The van der Waals surface area contributed by atoms with Crippen LogP contribution in [0.15, 0.2) is 63.5 Å². The molecule has 1 aliphatic rings. The fourth-order valence-corrected chi connectivity index (χ4v) is 4.92. The van der Waals surface area contributed by atoms with E-state index in [0.29, 0.717) is 37.6 Å². The molecule has 0 amide bonds. The van der Waals surface area contributed by atoms with Crippen LogP contribution in [0.25, 0.3) is 6.20 Å². The quantitative estimate of drug-likeness (QED) is 0.472. The first-order chi connectivity index (χ1) is 17.2. The Labute approximate surface area is 210 Å². The number of anilines is 1. The fraction of sp³-hybridized carbons (Fsp3) is 0.231. The average Bonchev–Trinajstić information content (AvgIpc) is 3.17. The Balaban J connectivity index is 1.85. The molecule has 0 radical (unpaired) electrons. The number of aromatic carboxylic acids is 1. The number of esters is 1. The molecule has 0 saturated heterocycles. The number of hydrogen-bond acceptors (Lipinski definition) is 8. The molecule has 186 valence electrons. The summed E-state index contributed by atoms with van der Waals surface area (Å²) in [4.78, 5) is 42.8. The van der Waals surface area contributed by atoms with Crippen molar-refractivity contribution in [1.82, 2.24) is 4.57 Å². The Hall–Kier alpha value is -4.18. The van der Waals surface area contributed by atoms with E-state index in [1.165, 1.54) is 34.2 Å². The van der Waals surface area contributed by atoms with Crippen LogP contribution in [0.3, 0.4) is 0 Å². The van der Waals surface area contributed by atoms with E-state index in [9.17, 15) is 19.5 Å². The summed E-state index contributed by atoms with van der Waals surface area (Å²) >= 11 is 1.17. The van der Waals surface area contributed by atoms with Crippen molar-refractivity contribution < 1.29 is 24.2 Å². The molecule has 0 saturated carbocycles. The molecule has 2 N–H and O–H groups in total. The molecule has 4 rings (SSSR count). The maximum absolute atomic E-state index is 13.6. The number of nitrogens with one attached hydrogen (secondary N) is 1. The number of benzene rings is 2. The van der Waals surface area contributed by atoms with E-state index < -0.39 is 18.0 Å². The number of carbonyl (C=O) groups is 2. The van der Waals surface area contributed by atoms with Crippen LogP contribution in [0.4, 0.5) is 5.69 Å². The van der Waals surface area contributed by atoms with Gasteiger partial charge in [0.2, 0.25) is 0 Å². The second-order valence-electron chi connectivity index (χ2n) is 8.05. The van der Waals surface area contributed by atoms with Gasteiger partial charge < -0.3 is 19.9 Å². The van der Waals surface area contributed by atoms with E-state index in [0.717, 1.165) is 5.56 Å². The molecule has 36 heavy (non-hydrogen) atoms. The summed E-state index contributed by atoms with van der Waals surface area (Å²) in [6.45, 7) is 5.47. The molecule has 0 unspecified atom stereocenters. The number of ether oxygens (including phenoxy) is 2. The minimum absolute atomic E-state index is 0.132. The Bertz CT molecular complexity index is 1550. The molecule has 10 heteroatoms. The predicted octanol–water partition coefficient (Wildman–Crippen LogP) is 2.83.